The Morgan fingerprint density at radius 3 is 2.75 bits per heavy atom. The molecule has 0 spiro atoms. The Balaban J connectivity index is 1.63. The summed E-state index contributed by atoms with van der Waals surface area (Å²) in [4.78, 5) is 0. The van der Waals surface area contributed by atoms with Gasteiger partial charge in [0.1, 0.15) is 18.1 Å². The lowest BCUT2D eigenvalue weighted by Crippen LogP contribution is -2.13. The Bertz CT molecular complexity index is 784. The molecular weight excluding hydrogens is 322 g/mol. The smallest absolute Gasteiger partial charge is 0.124 e. The van der Waals surface area contributed by atoms with E-state index in [4.69, 9.17) is 20.8 Å². The summed E-state index contributed by atoms with van der Waals surface area (Å²) in [6.45, 7) is 3.94. The van der Waals surface area contributed by atoms with Gasteiger partial charge in [0, 0.05) is 17.1 Å². The Hall–Kier alpha value is -2.23. The number of ether oxygens (including phenoxy) is 1. The van der Waals surface area contributed by atoms with Crippen LogP contribution in [0, 0.1) is 6.92 Å². The van der Waals surface area contributed by atoms with Gasteiger partial charge >= 0.3 is 0 Å². The lowest BCUT2D eigenvalue weighted by molar-refractivity contribution is 0.302. The Morgan fingerprint density at radius 1 is 1.04 bits per heavy atom. The standard InChI is InChI=1S/C20H20ClNO2/c1-15-4-2-5-16(10-15)14-24-20-8-7-18(21)11-17(20)12-22-13-19-6-3-9-23-19/h2-11,22H,12-14H2,1H3. The maximum Gasteiger partial charge on any atom is 0.124 e. The summed E-state index contributed by atoms with van der Waals surface area (Å²) < 4.78 is 11.3. The van der Waals surface area contributed by atoms with Gasteiger partial charge in [-0.1, -0.05) is 41.4 Å². The van der Waals surface area contributed by atoms with Crippen LogP contribution in [0.1, 0.15) is 22.5 Å². The van der Waals surface area contributed by atoms with Crippen molar-refractivity contribution < 1.29 is 9.15 Å². The van der Waals surface area contributed by atoms with E-state index < -0.39 is 0 Å². The number of furan rings is 1. The molecule has 3 aromatic rings. The SMILES string of the molecule is Cc1cccc(COc2ccc(Cl)cc2CNCc2ccco2)c1. The van der Waals surface area contributed by atoms with Gasteiger partial charge in [0.15, 0.2) is 0 Å². The Labute approximate surface area is 147 Å². The summed E-state index contributed by atoms with van der Waals surface area (Å²) in [6.07, 6.45) is 1.67. The number of hydrogen-bond acceptors (Lipinski definition) is 3. The van der Waals surface area contributed by atoms with Crippen LogP contribution >= 0.6 is 11.6 Å². The van der Waals surface area contributed by atoms with Gasteiger partial charge in [0.2, 0.25) is 0 Å². The third kappa shape index (κ3) is 4.63. The van der Waals surface area contributed by atoms with E-state index in [1.165, 1.54) is 5.56 Å². The van der Waals surface area contributed by atoms with E-state index in [9.17, 15) is 0 Å². The van der Waals surface area contributed by atoms with Gasteiger partial charge in [0.25, 0.3) is 0 Å². The molecule has 0 aliphatic heterocycles. The van der Waals surface area contributed by atoms with Gasteiger partial charge < -0.3 is 14.5 Å². The normalized spacial score (nSPS) is 10.8. The van der Waals surface area contributed by atoms with Crippen LogP contribution < -0.4 is 10.1 Å². The predicted molar refractivity (Wildman–Crippen MR) is 96.2 cm³/mol. The van der Waals surface area contributed by atoms with E-state index >= 15 is 0 Å². The molecule has 0 saturated carbocycles. The molecule has 1 N–H and O–H groups in total. The van der Waals surface area contributed by atoms with Crippen molar-refractivity contribution in [2.75, 3.05) is 0 Å². The fourth-order valence-corrected chi connectivity index (χ4v) is 2.72. The van der Waals surface area contributed by atoms with Crippen molar-refractivity contribution in [1.29, 1.82) is 0 Å². The number of rotatable bonds is 7. The maximum atomic E-state index is 6.13. The zero-order valence-electron chi connectivity index (χ0n) is 13.6. The minimum atomic E-state index is 0.536. The molecule has 124 valence electrons. The first kappa shape index (κ1) is 16.6. The van der Waals surface area contributed by atoms with Crippen LogP contribution in [0.5, 0.6) is 5.75 Å². The minimum Gasteiger partial charge on any atom is -0.489 e. The van der Waals surface area contributed by atoms with E-state index in [1.807, 2.05) is 36.4 Å². The Kier molecular flexibility index (Phi) is 5.57. The van der Waals surface area contributed by atoms with Crippen molar-refractivity contribution in [1.82, 2.24) is 5.32 Å². The average molecular weight is 342 g/mol. The fourth-order valence-electron chi connectivity index (χ4n) is 2.52. The van der Waals surface area contributed by atoms with E-state index in [-0.39, 0.29) is 0 Å². The largest absolute Gasteiger partial charge is 0.489 e. The Morgan fingerprint density at radius 2 is 1.96 bits per heavy atom. The maximum absolute atomic E-state index is 6.13. The van der Waals surface area contributed by atoms with Crippen molar-refractivity contribution >= 4 is 11.6 Å². The van der Waals surface area contributed by atoms with Gasteiger partial charge in [-0.15, -0.1) is 0 Å². The van der Waals surface area contributed by atoms with Gasteiger partial charge in [-0.25, -0.2) is 0 Å². The molecule has 2 aromatic carbocycles. The van der Waals surface area contributed by atoms with E-state index in [0.29, 0.717) is 24.7 Å². The third-order valence-electron chi connectivity index (χ3n) is 3.69. The van der Waals surface area contributed by atoms with Crippen molar-refractivity contribution in [3.63, 3.8) is 0 Å². The van der Waals surface area contributed by atoms with E-state index in [2.05, 4.69) is 30.4 Å². The number of halogens is 1. The quantitative estimate of drug-likeness (QED) is 0.648. The summed E-state index contributed by atoms with van der Waals surface area (Å²) in [5.74, 6) is 1.74. The molecule has 0 aliphatic rings. The zero-order valence-corrected chi connectivity index (χ0v) is 14.3. The number of benzene rings is 2. The molecule has 0 bridgehead atoms. The molecule has 1 heterocycles. The molecule has 0 amide bonds. The van der Waals surface area contributed by atoms with Crippen molar-refractivity contribution in [2.24, 2.45) is 0 Å². The topological polar surface area (TPSA) is 34.4 Å². The summed E-state index contributed by atoms with van der Waals surface area (Å²) >= 11 is 6.13. The van der Waals surface area contributed by atoms with Crippen molar-refractivity contribution in [2.45, 2.75) is 26.6 Å². The summed E-state index contributed by atoms with van der Waals surface area (Å²) in [5, 5.41) is 4.05. The predicted octanol–water partition coefficient (Wildman–Crippen LogP) is 5.11. The van der Waals surface area contributed by atoms with Crippen molar-refractivity contribution in [3.8, 4) is 5.75 Å². The van der Waals surface area contributed by atoms with Crippen LogP contribution in [-0.4, -0.2) is 0 Å². The molecule has 3 nitrogen and oxygen atoms in total. The first-order valence-electron chi connectivity index (χ1n) is 7.90. The molecule has 4 heteroatoms. The summed E-state index contributed by atoms with van der Waals surface area (Å²) in [7, 11) is 0. The van der Waals surface area contributed by atoms with Gasteiger partial charge in [0.05, 0.1) is 12.8 Å². The molecule has 0 unspecified atom stereocenters. The number of hydrogen-bond donors (Lipinski definition) is 1. The summed E-state index contributed by atoms with van der Waals surface area (Å²) in [6, 6.07) is 17.8. The second kappa shape index (κ2) is 8.04. The number of aryl methyl sites for hydroxylation is 1. The van der Waals surface area contributed by atoms with Crippen molar-refractivity contribution in [3.05, 3.63) is 88.3 Å². The lowest BCUT2D eigenvalue weighted by Gasteiger charge is -2.13. The first-order chi connectivity index (χ1) is 11.7. The second-order valence-corrected chi connectivity index (χ2v) is 6.15. The van der Waals surface area contributed by atoms with Gasteiger partial charge in [-0.05, 0) is 42.8 Å². The molecule has 0 radical (unpaired) electrons. The highest BCUT2D eigenvalue weighted by Gasteiger charge is 2.06. The highest BCUT2D eigenvalue weighted by molar-refractivity contribution is 6.30. The molecule has 3 rings (SSSR count). The van der Waals surface area contributed by atoms with Crippen LogP contribution in [0.25, 0.3) is 0 Å². The highest BCUT2D eigenvalue weighted by atomic mass is 35.5. The van der Waals surface area contributed by atoms with Crippen LogP contribution in [-0.2, 0) is 19.7 Å². The van der Waals surface area contributed by atoms with Crippen LogP contribution in [0.15, 0.2) is 65.3 Å². The average Bonchev–Trinajstić information content (AvgIpc) is 3.07. The van der Waals surface area contributed by atoms with Crippen LogP contribution in [0.4, 0.5) is 0 Å². The van der Waals surface area contributed by atoms with Crippen LogP contribution in [0.3, 0.4) is 0 Å². The number of nitrogens with one attached hydrogen (secondary N) is 1. The monoisotopic (exact) mass is 341 g/mol. The molecule has 1 aromatic heterocycles. The first-order valence-corrected chi connectivity index (χ1v) is 8.28. The van der Waals surface area contributed by atoms with Gasteiger partial charge in [-0.3, -0.25) is 0 Å². The molecule has 0 aliphatic carbocycles. The lowest BCUT2D eigenvalue weighted by atomic mass is 10.1. The van der Waals surface area contributed by atoms with E-state index in [1.54, 1.807) is 6.26 Å². The molecule has 24 heavy (non-hydrogen) atoms. The summed E-state index contributed by atoms with van der Waals surface area (Å²) in [5.41, 5.74) is 3.41. The molecule has 0 fully saturated rings. The molecular formula is C20H20ClNO2. The fraction of sp³-hybridized carbons (Fsp3) is 0.200. The zero-order chi connectivity index (χ0) is 16.8. The second-order valence-electron chi connectivity index (χ2n) is 5.71. The highest BCUT2D eigenvalue weighted by Crippen LogP contribution is 2.24. The van der Waals surface area contributed by atoms with Crippen LogP contribution in [0.2, 0.25) is 5.02 Å². The molecule has 0 atom stereocenters. The van der Waals surface area contributed by atoms with Gasteiger partial charge in [-0.2, -0.15) is 0 Å². The minimum absolute atomic E-state index is 0.536. The molecule has 0 saturated heterocycles. The third-order valence-corrected chi connectivity index (χ3v) is 3.93. The van der Waals surface area contributed by atoms with E-state index in [0.717, 1.165) is 22.6 Å².